The molecule has 2 atom stereocenters. The molecule has 1 aromatic heterocycles. The number of sulfonamides is 1. The van der Waals surface area contributed by atoms with E-state index in [4.69, 9.17) is 9.47 Å². The number of nitrogens with zero attached hydrogens (tertiary/aromatic N) is 3. The van der Waals surface area contributed by atoms with Gasteiger partial charge >= 0.3 is 0 Å². The quantitative estimate of drug-likeness (QED) is 0.776. The van der Waals surface area contributed by atoms with E-state index in [-0.39, 0.29) is 10.9 Å². The van der Waals surface area contributed by atoms with Crippen LogP contribution >= 0.6 is 0 Å². The minimum absolute atomic E-state index is 0.101. The summed E-state index contributed by atoms with van der Waals surface area (Å²) in [6.45, 7) is 5.04. The topological polar surface area (TPSA) is 72.0 Å². The minimum atomic E-state index is -3.61. The molecule has 4 rings (SSSR count). The van der Waals surface area contributed by atoms with Crippen molar-refractivity contribution in [1.29, 1.82) is 0 Å². The van der Waals surface area contributed by atoms with Crippen LogP contribution in [0.3, 0.4) is 0 Å². The summed E-state index contributed by atoms with van der Waals surface area (Å²) in [5.41, 5.74) is 1.69. The van der Waals surface area contributed by atoms with Crippen LogP contribution in [0.2, 0.25) is 0 Å². The number of hydrogen-bond acceptors (Lipinski definition) is 6. The zero-order chi connectivity index (χ0) is 19.7. The molecule has 0 spiro atoms. The Kier molecular flexibility index (Phi) is 5.37. The third kappa shape index (κ3) is 3.53. The Morgan fingerprint density at radius 3 is 2.82 bits per heavy atom. The number of benzene rings is 1. The van der Waals surface area contributed by atoms with E-state index in [2.05, 4.69) is 16.8 Å². The number of pyridine rings is 1. The molecule has 2 fully saturated rings. The van der Waals surface area contributed by atoms with Crippen molar-refractivity contribution >= 4 is 10.0 Å². The second-order valence-electron chi connectivity index (χ2n) is 7.24. The van der Waals surface area contributed by atoms with Crippen molar-refractivity contribution in [2.24, 2.45) is 0 Å². The normalized spacial score (nSPS) is 23.9. The molecular formula is C20H25N3O4S. The number of rotatable bonds is 4. The molecule has 0 N–H and O–H groups in total. The van der Waals surface area contributed by atoms with Gasteiger partial charge in [-0.25, -0.2) is 8.42 Å². The van der Waals surface area contributed by atoms with Crippen molar-refractivity contribution in [2.75, 3.05) is 40.0 Å². The van der Waals surface area contributed by atoms with Crippen molar-refractivity contribution in [3.63, 3.8) is 0 Å². The van der Waals surface area contributed by atoms with Gasteiger partial charge in [-0.05, 0) is 25.1 Å². The lowest BCUT2D eigenvalue weighted by molar-refractivity contribution is -0.0634. The van der Waals surface area contributed by atoms with E-state index < -0.39 is 10.0 Å². The molecule has 2 aliphatic rings. The third-order valence-electron chi connectivity index (χ3n) is 5.51. The fraction of sp³-hybridized carbons (Fsp3) is 0.450. The molecule has 2 aromatic rings. The van der Waals surface area contributed by atoms with Gasteiger partial charge in [-0.2, -0.15) is 4.31 Å². The van der Waals surface area contributed by atoms with E-state index in [0.29, 0.717) is 38.1 Å². The third-order valence-corrected chi connectivity index (χ3v) is 7.37. The molecule has 0 unspecified atom stereocenters. The van der Waals surface area contributed by atoms with E-state index in [0.717, 1.165) is 17.7 Å². The SMILES string of the molecule is COc1cc(S(=O)(=O)N2CCN3[C@@H](COC[C@@H]3C)C2)ccc1-c1cccnc1. The first kappa shape index (κ1) is 19.3. The van der Waals surface area contributed by atoms with Crippen molar-refractivity contribution < 1.29 is 17.9 Å². The summed E-state index contributed by atoms with van der Waals surface area (Å²) in [6.07, 6.45) is 3.43. The van der Waals surface area contributed by atoms with Crippen LogP contribution in [0.1, 0.15) is 6.92 Å². The van der Waals surface area contributed by atoms with Crippen LogP contribution in [0.5, 0.6) is 5.75 Å². The van der Waals surface area contributed by atoms with Crippen LogP contribution in [0.4, 0.5) is 0 Å². The maximum Gasteiger partial charge on any atom is 0.243 e. The first-order valence-electron chi connectivity index (χ1n) is 9.43. The van der Waals surface area contributed by atoms with Gasteiger partial charge in [0.15, 0.2) is 0 Å². The lowest BCUT2D eigenvalue weighted by Gasteiger charge is -2.46. The smallest absolute Gasteiger partial charge is 0.243 e. The molecule has 7 nitrogen and oxygen atoms in total. The molecule has 0 bridgehead atoms. The number of ether oxygens (including phenoxy) is 2. The number of aromatic nitrogens is 1. The largest absolute Gasteiger partial charge is 0.496 e. The summed E-state index contributed by atoms with van der Waals surface area (Å²) in [5.74, 6) is 0.516. The van der Waals surface area contributed by atoms with E-state index >= 15 is 0 Å². The summed E-state index contributed by atoms with van der Waals surface area (Å²) in [4.78, 5) is 6.72. The maximum absolute atomic E-state index is 13.3. The Balaban J connectivity index is 1.61. The van der Waals surface area contributed by atoms with Gasteiger partial charge in [0.1, 0.15) is 5.75 Å². The van der Waals surface area contributed by atoms with Crippen LogP contribution in [0.15, 0.2) is 47.6 Å². The molecule has 3 heterocycles. The standard InChI is InChI=1S/C20H25N3O4S/c1-15-13-27-14-17-12-22(8-9-23(15)17)28(24,25)18-5-6-19(20(10-18)26-2)16-4-3-7-21-11-16/h3-7,10-11,15,17H,8-9,12-14H2,1-2H3/t15-,17+/m0/s1. The zero-order valence-corrected chi connectivity index (χ0v) is 16.9. The molecule has 0 saturated carbocycles. The number of methoxy groups -OCH3 is 1. The molecule has 0 aliphatic carbocycles. The lowest BCUT2D eigenvalue weighted by Crippen LogP contribution is -2.61. The molecule has 150 valence electrons. The second-order valence-corrected chi connectivity index (χ2v) is 9.18. The summed E-state index contributed by atoms with van der Waals surface area (Å²) in [5, 5.41) is 0. The Morgan fingerprint density at radius 2 is 2.07 bits per heavy atom. The summed E-state index contributed by atoms with van der Waals surface area (Å²) in [7, 11) is -2.06. The van der Waals surface area contributed by atoms with Crippen molar-refractivity contribution in [3.05, 3.63) is 42.7 Å². The molecule has 28 heavy (non-hydrogen) atoms. The van der Waals surface area contributed by atoms with Crippen LogP contribution < -0.4 is 4.74 Å². The van der Waals surface area contributed by atoms with Gasteiger partial charge in [0.05, 0.1) is 25.2 Å². The molecule has 1 aromatic carbocycles. The van der Waals surface area contributed by atoms with Gasteiger partial charge in [-0.15, -0.1) is 0 Å². The average Bonchev–Trinajstić information content (AvgIpc) is 2.73. The summed E-state index contributed by atoms with van der Waals surface area (Å²) >= 11 is 0. The van der Waals surface area contributed by atoms with E-state index in [9.17, 15) is 8.42 Å². The van der Waals surface area contributed by atoms with Crippen molar-refractivity contribution in [3.8, 4) is 16.9 Å². The fourth-order valence-corrected chi connectivity index (χ4v) is 5.48. The first-order chi connectivity index (χ1) is 13.5. The minimum Gasteiger partial charge on any atom is -0.496 e. The fourth-order valence-electron chi connectivity index (χ4n) is 4.00. The summed E-state index contributed by atoms with van der Waals surface area (Å²) in [6, 6.07) is 9.21. The Labute approximate surface area is 165 Å². The number of morpholine rings is 1. The Bertz CT molecular complexity index is 936. The van der Waals surface area contributed by atoms with Gasteiger partial charge in [0.25, 0.3) is 0 Å². The highest BCUT2D eigenvalue weighted by atomic mass is 32.2. The highest BCUT2D eigenvalue weighted by Gasteiger charge is 2.38. The molecule has 2 saturated heterocycles. The maximum atomic E-state index is 13.3. The highest BCUT2D eigenvalue weighted by molar-refractivity contribution is 7.89. The van der Waals surface area contributed by atoms with Crippen molar-refractivity contribution in [2.45, 2.75) is 23.9 Å². The second kappa shape index (κ2) is 7.79. The van der Waals surface area contributed by atoms with E-state index in [1.165, 1.54) is 0 Å². The van der Waals surface area contributed by atoms with Gasteiger partial charge < -0.3 is 9.47 Å². The molecule has 0 radical (unpaired) electrons. The van der Waals surface area contributed by atoms with Gasteiger partial charge in [-0.1, -0.05) is 6.07 Å². The predicted octanol–water partition coefficient (Wildman–Crippen LogP) is 1.85. The van der Waals surface area contributed by atoms with E-state index in [1.807, 2.05) is 12.1 Å². The van der Waals surface area contributed by atoms with Crippen LogP contribution in [0, 0.1) is 0 Å². The first-order valence-corrected chi connectivity index (χ1v) is 10.9. The van der Waals surface area contributed by atoms with Gasteiger partial charge in [0.2, 0.25) is 10.0 Å². The van der Waals surface area contributed by atoms with E-state index in [1.54, 1.807) is 42.0 Å². The molecular weight excluding hydrogens is 378 g/mol. The monoisotopic (exact) mass is 403 g/mol. The van der Waals surface area contributed by atoms with Gasteiger partial charge in [0, 0.05) is 61.3 Å². The number of hydrogen-bond donors (Lipinski definition) is 0. The Morgan fingerprint density at radius 1 is 1.21 bits per heavy atom. The predicted molar refractivity (Wildman–Crippen MR) is 106 cm³/mol. The lowest BCUT2D eigenvalue weighted by atomic mass is 10.1. The number of fused-ring (bicyclic) bond motifs is 1. The molecule has 0 amide bonds. The van der Waals surface area contributed by atoms with Crippen molar-refractivity contribution in [1.82, 2.24) is 14.2 Å². The average molecular weight is 404 g/mol. The van der Waals surface area contributed by atoms with Crippen LogP contribution in [-0.4, -0.2) is 74.6 Å². The van der Waals surface area contributed by atoms with Crippen LogP contribution in [0.25, 0.3) is 11.1 Å². The summed E-state index contributed by atoms with van der Waals surface area (Å²) < 4.78 is 39.2. The zero-order valence-electron chi connectivity index (χ0n) is 16.1. The van der Waals surface area contributed by atoms with Gasteiger partial charge in [-0.3, -0.25) is 9.88 Å². The number of piperazine rings is 1. The highest BCUT2D eigenvalue weighted by Crippen LogP contribution is 2.33. The van der Waals surface area contributed by atoms with Crippen LogP contribution in [-0.2, 0) is 14.8 Å². The Hall–Kier alpha value is -2.00. The molecule has 2 aliphatic heterocycles. The molecule has 8 heteroatoms.